The molecule has 0 radical (unpaired) electrons. The van der Waals surface area contributed by atoms with Crippen molar-refractivity contribution in [2.45, 2.75) is 44.4 Å². The summed E-state index contributed by atoms with van der Waals surface area (Å²) in [7, 11) is 1.69. The second-order valence-corrected chi connectivity index (χ2v) is 5.15. The number of nitrogens with one attached hydrogen (secondary N) is 1. The number of aliphatic carboxylic acids is 1. The average molecular weight is 256 g/mol. The van der Waals surface area contributed by atoms with Gasteiger partial charge in [-0.05, 0) is 32.1 Å². The summed E-state index contributed by atoms with van der Waals surface area (Å²) in [4.78, 5) is 24.7. The monoisotopic (exact) mass is 256 g/mol. The maximum atomic E-state index is 12.0. The number of carboxylic acids is 1. The molecule has 1 saturated heterocycles. The van der Waals surface area contributed by atoms with E-state index in [1.165, 1.54) is 0 Å². The number of carboxylic acid groups (broad SMARTS) is 1. The molecular weight excluding hydrogens is 236 g/mol. The van der Waals surface area contributed by atoms with E-state index < -0.39 is 12.0 Å². The summed E-state index contributed by atoms with van der Waals surface area (Å²) in [5.74, 6) is -0.855. The molecule has 3 atom stereocenters. The molecule has 2 fully saturated rings. The Balaban J connectivity index is 1.91. The highest BCUT2D eigenvalue weighted by atomic mass is 16.5. The highest BCUT2D eigenvalue weighted by Gasteiger charge is 2.39. The first kappa shape index (κ1) is 13.1. The largest absolute Gasteiger partial charge is 0.480 e. The Morgan fingerprint density at radius 1 is 1.39 bits per heavy atom. The van der Waals surface area contributed by atoms with Crippen LogP contribution in [0.2, 0.25) is 0 Å². The van der Waals surface area contributed by atoms with Crippen LogP contribution < -0.4 is 5.32 Å². The third-order valence-corrected chi connectivity index (χ3v) is 3.79. The maximum Gasteiger partial charge on any atom is 0.326 e. The number of rotatable bonds is 4. The average Bonchev–Trinajstić information content (AvgIpc) is 3.06. The molecule has 1 heterocycles. The number of likely N-dealkylation sites (N-methyl/N-ethyl adjacent to an activating group) is 1. The lowest BCUT2D eigenvalue weighted by Crippen LogP contribution is -2.52. The molecule has 6 heteroatoms. The van der Waals surface area contributed by atoms with Gasteiger partial charge in [-0.2, -0.15) is 0 Å². The predicted octanol–water partition coefficient (Wildman–Crippen LogP) is 0.668. The number of hydrogen-bond acceptors (Lipinski definition) is 3. The lowest BCUT2D eigenvalue weighted by atomic mass is 10.1. The van der Waals surface area contributed by atoms with Gasteiger partial charge in [-0.3, -0.25) is 0 Å². The fraction of sp³-hybridized carbons (Fsp3) is 0.833. The third-order valence-electron chi connectivity index (χ3n) is 3.79. The minimum atomic E-state index is -0.949. The molecule has 6 nitrogen and oxygen atoms in total. The van der Waals surface area contributed by atoms with Crippen LogP contribution in [0.5, 0.6) is 0 Å². The molecule has 0 aromatic carbocycles. The molecule has 3 unspecified atom stereocenters. The molecule has 0 spiro atoms. The zero-order chi connectivity index (χ0) is 13.3. The quantitative estimate of drug-likeness (QED) is 0.775. The van der Waals surface area contributed by atoms with E-state index >= 15 is 0 Å². The van der Waals surface area contributed by atoms with Crippen molar-refractivity contribution in [3.05, 3.63) is 0 Å². The van der Waals surface area contributed by atoms with Crippen molar-refractivity contribution in [3.63, 3.8) is 0 Å². The second kappa shape index (κ2) is 5.14. The molecule has 0 aromatic heterocycles. The molecular formula is C12H20N2O4. The van der Waals surface area contributed by atoms with Crippen LogP contribution >= 0.6 is 0 Å². The van der Waals surface area contributed by atoms with Crippen molar-refractivity contribution in [1.29, 1.82) is 0 Å². The van der Waals surface area contributed by atoms with E-state index in [-0.39, 0.29) is 24.1 Å². The van der Waals surface area contributed by atoms with E-state index in [0.29, 0.717) is 6.61 Å². The number of nitrogens with zero attached hydrogens (tertiary/aromatic N) is 1. The zero-order valence-electron chi connectivity index (χ0n) is 10.8. The molecule has 1 aliphatic carbocycles. The Hall–Kier alpha value is -1.30. The molecule has 0 aromatic rings. The van der Waals surface area contributed by atoms with E-state index in [9.17, 15) is 9.59 Å². The number of urea groups is 1. The summed E-state index contributed by atoms with van der Waals surface area (Å²) in [6, 6.07) is -1.05. The van der Waals surface area contributed by atoms with Crippen LogP contribution in [0.25, 0.3) is 0 Å². The van der Waals surface area contributed by atoms with Crippen molar-refractivity contribution in [1.82, 2.24) is 10.2 Å². The minimum Gasteiger partial charge on any atom is -0.480 e. The van der Waals surface area contributed by atoms with Gasteiger partial charge in [-0.15, -0.1) is 0 Å². The van der Waals surface area contributed by atoms with Crippen LogP contribution in [0, 0.1) is 5.92 Å². The van der Waals surface area contributed by atoms with Crippen LogP contribution in [0.15, 0.2) is 0 Å². The molecule has 2 aliphatic rings. The molecule has 102 valence electrons. The van der Waals surface area contributed by atoms with Crippen LogP contribution in [-0.4, -0.2) is 53.8 Å². The zero-order valence-corrected chi connectivity index (χ0v) is 10.8. The van der Waals surface area contributed by atoms with Crippen LogP contribution in [-0.2, 0) is 9.53 Å². The molecule has 1 aliphatic heterocycles. The van der Waals surface area contributed by atoms with E-state index in [4.69, 9.17) is 9.84 Å². The standard InChI is InChI=1S/C12H20N2O4/c1-7-9(5-6-18-7)14(2)12(17)13-10(11(15)16)8-3-4-8/h7-10H,3-6H2,1-2H3,(H,13,17)(H,15,16). The fourth-order valence-electron chi connectivity index (χ4n) is 2.43. The number of hydrogen-bond donors (Lipinski definition) is 2. The first-order valence-electron chi connectivity index (χ1n) is 6.38. The summed E-state index contributed by atoms with van der Waals surface area (Å²) in [6.07, 6.45) is 2.56. The molecule has 2 amide bonds. The number of amides is 2. The molecule has 2 N–H and O–H groups in total. The van der Waals surface area contributed by atoms with Gasteiger partial charge >= 0.3 is 12.0 Å². The van der Waals surface area contributed by atoms with E-state index in [2.05, 4.69) is 5.32 Å². The van der Waals surface area contributed by atoms with Gasteiger partial charge in [0.25, 0.3) is 0 Å². The lowest BCUT2D eigenvalue weighted by Gasteiger charge is -2.28. The van der Waals surface area contributed by atoms with Gasteiger partial charge in [0, 0.05) is 13.7 Å². The van der Waals surface area contributed by atoms with Gasteiger partial charge in [0.05, 0.1) is 12.1 Å². The van der Waals surface area contributed by atoms with E-state index in [1.807, 2.05) is 6.92 Å². The minimum absolute atomic E-state index is 0.00459. The van der Waals surface area contributed by atoms with Gasteiger partial charge in [0.1, 0.15) is 6.04 Å². The van der Waals surface area contributed by atoms with Crippen molar-refractivity contribution >= 4 is 12.0 Å². The summed E-state index contributed by atoms with van der Waals surface area (Å²) in [5, 5.41) is 11.7. The predicted molar refractivity (Wildman–Crippen MR) is 64.3 cm³/mol. The Morgan fingerprint density at radius 3 is 2.50 bits per heavy atom. The molecule has 0 bridgehead atoms. The van der Waals surface area contributed by atoms with Gasteiger partial charge < -0.3 is 20.1 Å². The Kier molecular flexibility index (Phi) is 3.75. The number of ether oxygens (including phenoxy) is 1. The van der Waals surface area contributed by atoms with Crippen molar-refractivity contribution in [3.8, 4) is 0 Å². The van der Waals surface area contributed by atoms with Crippen molar-refractivity contribution in [2.24, 2.45) is 5.92 Å². The van der Waals surface area contributed by atoms with Crippen molar-refractivity contribution in [2.75, 3.05) is 13.7 Å². The number of carbonyl (C=O) groups excluding carboxylic acids is 1. The summed E-state index contributed by atoms with van der Waals surface area (Å²) in [6.45, 7) is 2.57. The molecule has 2 rings (SSSR count). The van der Waals surface area contributed by atoms with Gasteiger partial charge in [0.15, 0.2) is 0 Å². The van der Waals surface area contributed by atoms with Gasteiger partial charge in [-0.25, -0.2) is 9.59 Å². The highest BCUT2D eigenvalue weighted by molar-refractivity contribution is 5.83. The van der Waals surface area contributed by atoms with Crippen molar-refractivity contribution < 1.29 is 19.4 Å². The first-order valence-corrected chi connectivity index (χ1v) is 6.38. The molecule has 1 saturated carbocycles. The third kappa shape index (κ3) is 2.75. The normalized spacial score (nSPS) is 28.8. The van der Waals surface area contributed by atoms with E-state index in [1.54, 1.807) is 11.9 Å². The fourth-order valence-corrected chi connectivity index (χ4v) is 2.43. The smallest absolute Gasteiger partial charge is 0.326 e. The number of carbonyl (C=O) groups is 2. The summed E-state index contributed by atoms with van der Waals surface area (Å²) >= 11 is 0. The Morgan fingerprint density at radius 2 is 2.06 bits per heavy atom. The Labute approximate surface area is 106 Å². The summed E-state index contributed by atoms with van der Waals surface area (Å²) in [5.41, 5.74) is 0. The maximum absolute atomic E-state index is 12.0. The van der Waals surface area contributed by atoms with E-state index in [0.717, 1.165) is 19.3 Å². The molecule has 18 heavy (non-hydrogen) atoms. The first-order chi connectivity index (χ1) is 8.50. The Bertz CT molecular complexity index is 343. The summed E-state index contributed by atoms with van der Waals surface area (Å²) < 4.78 is 5.41. The highest BCUT2D eigenvalue weighted by Crippen LogP contribution is 2.33. The van der Waals surface area contributed by atoms with Gasteiger partial charge in [-0.1, -0.05) is 0 Å². The SMILES string of the molecule is CC1OCCC1N(C)C(=O)NC(C(=O)O)C1CC1. The second-order valence-electron chi connectivity index (χ2n) is 5.15. The van der Waals surface area contributed by atoms with Crippen LogP contribution in [0.4, 0.5) is 4.79 Å². The van der Waals surface area contributed by atoms with Crippen LogP contribution in [0.3, 0.4) is 0 Å². The van der Waals surface area contributed by atoms with Gasteiger partial charge in [0.2, 0.25) is 0 Å². The lowest BCUT2D eigenvalue weighted by molar-refractivity contribution is -0.139. The topological polar surface area (TPSA) is 78.9 Å². The van der Waals surface area contributed by atoms with Crippen LogP contribution in [0.1, 0.15) is 26.2 Å².